The maximum absolute atomic E-state index is 12.5. The zero-order valence-corrected chi connectivity index (χ0v) is 14.0. The second kappa shape index (κ2) is 6.86. The Balaban J connectivity index is 1.71. The summed E-state index contributed by atoms with van der Waals surface area (Å²) in [6.45, 7) is 7.74. The van der Waals surface area contributed by atoms with Gasteiger partial charge in [-0.3, -0.25) is 4.79 Å². The predicted octanol–water partition coefficient (Wildman–Crippen LogP) is 3.52. The molecule has 0 unspecified atom stereocenters. The van der Waals surface area contributed by atoms with Crippen LogP contribution in [0.1, 0.15) is 28.4 Å². The first-order chi connectivity index (χ1) is 11.2. The molecule has 0 atom stereocenters. The quantitative estimate of drug-likeness (QED) is 0.866. The van der Waals surface area contributed by atoms with Crippen LogP contribution < -0.4 is 4.90 Å². The van der Waals surface area contributed by atoms with E-state index in [-0.39, 0.29) is 5.91 Å². The summed E-state index contributed by atoms with van der Waals surface area (Å²) in [6.07, 6.45) is 1.04. The monoisotopic (exact) mass is 308 g/mol. The lowest BCUT2D eigenvalue weighted by Gasteiger charge is -2.37. The molecule has 120 valence electrons. The number of nitrogens with zero attached hydrogens (tertiary/aromatic N) is 2. The maximum Gasteiger partial charge on any atom is 0.253 e. The topological polar surface area (TPSA) is 23.6 Å². The zero-order chi connectivity index (χ0) is 16.2. The van der Waals surface area contributed by atoms with Crippen molar-refractivity contribution in [3.8, 4) is 0 Å². The van der Waals surface area contributed by atoms with Crippen molar-refractivity contribution in [2.24, 2.45) is 0 Å². The van der Waals surface area contributed by atoms with Gasteiger partial charge in [0.1, 0.15) is 0 Å². The molecular weight excluding hydrogens is 284 g/mol. The van der Waals surface area contributed by atoms with Gasteiger partial charge in [0.05, 0.1) is 0 Å². The van der Waals surface area contributed by atoms with E-state index >= 15 is 0 Å². The van der Waals surface area contributed by atoms with Crippen molar-refractivity contribution in [2.75, 3.05) is 31.1 Å². The van der Waals surface area contributed by atoms with Crippen molar-refractivity contribution >= 4 is 11.6 Å². The predicted molar refractivity (Wildman–Crippen MR) is 95.1 cm³/mol. The minimum Gasteiger partial charge on any atom is -0.368 e. The van der Waals surface area contributed by atoms with Gasteiger partial charge >= 0.3 is 0 Å². The van der Waals surface area contributed by atoms with Crippen LogP contribution in [0.15, 0.2) is 48.5 Å². The molecule has 1 amide bonds. The highest BCUT2D eigenvalue weighted by Crippen LogP contribution is 2.27. The maximum atomic E-state index is 12.5. The molecule has 3 nitrogen and oxygen atoms in total. The molecule has 3 heteroatoms. The summed E-state index contributed by atoms with van der Waals surface area (Å²) in [5.41, 5.74) is 4.87. The Morgan fingerprint density at radius 1 is 0.957 bits per heavy atom. The Hall–Kier alpha value is -2.29. The lowest BCUT2D eigenvalue weighted by atomic mass is 10.0. The van der Waals surface area contributed by atoms with Gasteiger partial charge < -0.3 is 9.80 Å². The van der Waals surface area contributed by atoms with Gasteiger partial charge in [0.2, 0.25) is 0 Å². The molecule has 0 aliphatic carbocycles. The highest BCUT2D eigenvalue weighted by atomic mass is 16.2. The number of hydrogen-bond acceptors (Lipinski definition) is 2. The van der Waals surface area contributed by atoms with E-state index in [1.165, 1.54) is 16.8 Å². The number of carbonyl (C=O) groups excluding carboxylic acids is 1. The van der Waals surface area contributed by atoms with Crippen LogP contribution in [0.3, 0.4) is 0 Å². The molecule has 1 aliphatic heterocycles. The Kier molecular flexibility index (Phi) is 4.65. The summed E-state index contributed by atoms with van der Waals surface area (Å²) in [4.78, 5) is 16.9. The summed E-state index contributed by atoms with van der Waals surface area (Å²) in [5, 5.41) is 0. The fraction of sp³-hybridized carbons (Fsp3) is 0.350. The summed E-state index contributed by atoms with van der Waals surface area (Å²) in [5.74, 6) is 0.144. The molecule has 0 radical (unpaired) electrons. The third kappa shape index (κ3) is 3.24. The molecular formula is C20H24N2O. The standard InChI is InChI=1S/C20H24N2O/c1-3-17-11-7-8-16(2)19(17)21-12-14-22(15-13-21)20(23)18-9-5-4-6-10-18/h4-11H,3,12-15H2,1-2H3. The minimum atomic E-state index is 0.144. The zero-order valence-electron chi connectivity index (χ0n) is 14.0. The molecule has 0 saturated carbocycles. The molecule has 1 aliphatic rings. The van der Waals surface area contributed by atoms with Gasteiger partial charge in [-0.1, -0.05) is 43.3 Å². The number of carbonyl (C=O) groups is 1. The first-order valence-electron chi connectivity index (χ1n) is 8.38. The van der Waals surface area contributed by atoms with Crippen LogP contribution >= 0.6 is 0 Å². The van der Waals surface area contributed by atoms with Gasteiger partial charge in [-0.2, -0.15) is 0 Å². The largest absolute Gasteiger partial charge is 0.368 e. The van der Waals surface area contributed by atoms with E-state index in [9.17, 15) is 4.79 Å². The molecule has 1 heterocycles. The number of aryl methyl sites for hydroxylation is 2. The Labute approximate surface area is 138 Å². The van der Waals surface area contributed by atoms with E-state index in [2.05, 4.69) is 36.9 Å². The Morgan fingerprint density at radius 3 is 2.30 bits per heavy atom. The molecule has 0 N–H and O–H groups in total. The molecule has 3 rings (SSSR count). The highest BCUT2D eigenvalue weighted by Gasteiger charge is 2.23. The number of rotatable bonds is 3. The second-order valence-electron chi connectivity index (χ2n) is 6.08. The van der Waals surface area contributed by atoms with E-state index in [4.69, 9.17) is 0 Å². The third-order valence-electron chi connectivity index (χ3n) is 4.61. The normalized spacial score (nSPS) is 14.9. The van der Waals surface area contributed by atoms with E-state index in [0.29, 0.717) is 0 Å². The molecule has 0 aromatic heterocycles. The third-order valence-corrected chi connectivity index (χ3v) is 4.61. The fourth-order valence-corrected chi connectivity index (χ4v) is 3.35. The summed E-state index contributed by atoms with van der Waals surface area (Å²) in [7, 11) is 0. The average Bonchev–Trinajstić information content (AvgIpc) is 2.62. The van der Waals surface area contributed by atoms with Crippen LogP contribution in [0, 0.1) is 6.92 Å². The highest BCUT2D eigenvalue weighted by molar-refractivity contribution is 5.94. The van der Waals surface area contributed by atoms with Crippen LogP contribution in [0.25, 0.3) is 0 Å². The molecule has 2 aromatic rings. The lowest BCUT2D eigenvalue weighted by molar-refractivity contribution is 0.0747. The number of piperazine rings is 1. The second-order valence-corrected chi connectivity index (χ2v) is 6.08. The van der Waals surface area contributed by atoms with Crippen molar-refractivity contribution in [1.82, 2.24) is 4.90 Å². The number of para-hydroxylation sites is 1. The molecule has 0 bridgehead atoms. The summed E-state index contributed by atoms with van der Waals surface area (Å²) in [6, 6.07) is 16.1. The van der Waals surface area contributed by atoms with Crippen molar-refractivity contribution in [2.45, 2.75) is 20.3 Å². The van der Waals surface area contributed by atoms with Crippen LogP contribution in [0.2, 0.25) is 0 Å². The van der Waals surface area contributed by atoms with Gasteiger partial charge in [-0.15, -0.1) is 0 Å². The number of benzene rings is 2. The van der Waals surface area contributed by atoms with E-state index in [1.54, 1.807) is 0 Å². The molecule has 0 spiro atoms. The van der Waals surface area contributed by atoms with Gasteiger partial charge in [0.25, 0.3) is 5.91 Å². The van der Waals surface area contributed by atoms with Crippen molar-refractivity contribution in [3.63, 3.8) is 0 Å². The van der Waals surface area contributed by atoms with Gasteiger partial charge in [0, 0.05) is 37.4 Å². The van der Waals surface area contributed by atoms with Crippen LogP contribution in [-0.4, -0.2) is 37.0 Å². The number of hydrogen-bond donors (Lipinski definition) is 0. The van der Waals surface area contributed by atoms with E-state index in [1.807, 2.05) is 35.2 Å². The molecule has 2 aromatic carbocycles. The van der Waals surface area contributed by atoms with E-state index < -0.39 is 0 Å². The van der Waals surface area contributed by atoms with Crippen molar-refractivity contribution in [3.05, 3.63) is 65.2 Å². The van der Waals surface area contributed by atoms with Gasteiger partial charge in [-0.05, 0) is 36.6 Å². The molecule has 23 heavy (non-hydrogen) atoms. The SMILES string of the molecule is CCc1cccc(C)c1N1CCN(C(=O)c2ccccc2)CC1. The number of amides is 1. The van der Waals surface area contributed by atoms with Crippen LogP contribution in [0.5, 0.6) is 0 Å². The first-order valence-corrected chi connectivity index (χ1v) is 8.38. The van der Waals surface area contributed by atoms with E-state index in [0.717, 1.165) is 38.2 Å². The fourth-order valence-electron chi connectivity index (χ4n) is 3.35. The van der Waals surface area contributed by atoms with Crippen molar-refractivity contribution < 1.29 is 4.79 Å². The Bertz CT molecular complexity index is 673. The summed E-state index contributed by atoms with van der Waals surface area (Å²) >= 11 is 0. The van der Waals surface area contributed by atoms with Gasteiger partial charge in [-0.25, -0.2) is 0 Å². The van der Waals surface area contributed by atoms with Gasteiger partial charge in [0.15, 0.2) is 0 Å². The molecule has 1 saturated heterocycles. The summed E-state index contributed by atoms with van der Waals surface area (Å²) < 4.78 is 0. The lowest BCUT2D eigenvalue weighted by Crippen LogP contribution is -2.49. The number of anilines is 1. The smallest absolute Gasteiger partial charge is 0.253 e. The first kappa shape index (κ1) is 15.6. The average molecular weight is 308 g/mol. The van der Waals surface area contributed by atoms with Crippen LogP contribution in [0.4, 0.5) is 5.69 Å². The van der Waals surface area contributed by atoms with Crippen molar-refractivity contribution in [1.29, 1.82) is 0 Å². The minimum absolute atomic E-state index is 0.144. The molecule has 1 fully saturated rings. The van der Waals surface area contributed by atoms with Crippen LogP contribution in [-0.2, 0) is 6.42 Å². The Morgan fingerprint density at radius 2 is 1.65 bits per heavy atom.